The zero-order valence-electron chi connectivity index (χ0n) is 18.1. The van der Waals surface area contributed by atoms with Crippen LogP contribution in [0.1, 0.15) is 29.6 Å². The molecule has 8 heteroatoms. The fourth-order valence-corrected chi connectivity index (χ4v) is 4.45. The number of piperidine rings is 1. The number of fused-ring (bicyclic) bond motifs is 2. The Morgan fingerprint density at radius 1 is 1.00 bits per heavy atom. The van der Waals surface area contributed by atoms with Crippen molar-refractivity contribution in [2.24, 2.45) is 0 Å². The number of likely N-dealkylation sites (tertiary alicyclic amines) is 1. The molecule has 3 heterocycles. The third-order valence-electron chi connectivity index (χ3n) is 6.12. The number of aromatic amines is 1. The smallest absolute Gasteiger partial charge is 0.263 e. The van der Waals surface area contributed by atoms with Crippen molar-refractivity contribution in [2.75, 3.05) is 27.3 Å². The Labute approximate surface area is 184 Å². The molecule has 0 saturated carbocycles. The van der Waals surface area contributed by atoms with E-state index in [0.29, 0.717) is 46.6 Å². The van der Waals surface area contributed by atoms with Crippen LogP contribution in [-0.4, -0.2) is 52.9 Å². The molecule has 32 heavy (non-hydrogen) atoms. The molecule has 2 aromatic heterocycles. The number of benzene rings is 2. The molecule has 4 aromatic rings. The predicted molar refractivity (Wildman–Crippen MR) is 122 cm³/mol. The number of rotatable bonds is 4. The van der Waals surface area contributed by atoms with Gasteiger partial charge in [-0.1, -0.05) is 6.07 Å². The third-order valence-corrected chi connectivity index (χ3v) is 6.12. The van der Waals surface area contributed by atoms with Crippen molar-refractivity contribution < 1.29 is 14.3 Å². The van der Waals surface area contributed by atoms with Gasteiger partial charge in [-0.25, -0.2) is 0 Å². The second-order valence-corrected chi connectivity index (χ2v) is 7.93. The molecule has 2 aromatic carbocycles. The van der Waals surface area contributed by atoms with Crippen molar-refractivity contribution in [1.29, 1.82) is 0 Å². The maximum Gasteiger partial charge on any atom is 0.263 e. The zero-order chi connectivity index (χ0) is 22.2. The van der Waals surface area contributed by atoms with Crippen LogP contribution in [0.25, 0.3) is 27.4 Å². The van der Waals surface area contributed by atoms with Crippen molar-refractivity contribution in [1.82, 2.24) is 19.7 Å². The van der Waals surface area contributed by atoms with E-state index in [1.807, 2.05) is 23.1 Å². The van der Waals surface area contributed by atoms with E-state index in [1.54, 1.807) is 24.5 Å². The molecule has 0 bridgehead atoms. The van der Waals surface area contributed by atoms with Crippen molar-refractivity contribution in [3.05, 3.63) is 58.6 Å². The fourth-order valence-electron chi connectivity index (χ4n) is 4.45. The van der Waals surface area contributed by atoms with Crippen LogP contribution in [0, 0.1) is 0 Å². The van der Waals surface area contributed by atoms with Crippen LogP contribution in [0.2, 0.25) is 0 Å². The van der Waals surface area contributed by atoms with Gasteiger partial charge in [-0.2, -0.15) is 5.10 Å². The van der Waals surface area contributed by atoms with Crippen LogP contribution in [0.4, 0.5) is 0 Å². The van der Waals surface area contributed by atoms with Crippen molar-refractivity contribution in [2.45, 2.75) is 19.3 Å². The van der Waals surface area contributed by atoms with Crippen molar-refractivity contribution in [3.63, 3.8) is 0 Å². The average Bonchev–Trinajstić information content (AvgIpc) is 3.33. The van der Waals surface area contributed by atoms with Gasteiger partial charge in [-0.15, -0.1) is 0 Å². The van der Waals surface area contributed by atoms with E-state index in [4.69, 9.17) is 9.47 Å². The number of carbonyl (C=O) groups is 1. The summed E-state index contributed by atoms with van der Waals surface area (Å²) >= 11 is 0. The molecule has 164 valence electrons. The number of aromatic nitrogens is 3. The molecule has 0 unspecified atom stereocenters. The van der Waals surface area contributed by atoms with E-state index < -0.39 is 0 Å². The normalized spacial score (nSPS) is 14.1. The molecular formula is C24H24N4O4. The number of hydrogen-bond acceptors (Lipinski definition) is 5. The Morgan fingerprint density at radius 3 is 2.44 bits per heavy atom. The summed E-state index contributed by atoms with van der Waals surface area (Å²) in [6, 6.07) is 8.96. The highest BCUT2D eigenvalue weighted by Crippen LogP contribution is 2.33. The number of nitrogens with zero attached hydrogens (tertiary/aromatic N) is 3. The molecule has 1 aliphatic heterocycles. The Bertz CT molecular complexity index is 1380. The molecule has 1 fully saturated rings. The summed E-state index contributed by atoms with van der Waals surface area (Å²) in [5, 5.41) is 8.79. The molecule has 5 rings (SSSR count). The predicted octanol–water partition coefficient (Wildman–Crippen LogP) is 3.51. The summed E-state index contributed by atoms with van der Waals surface area (Å²) in [4.78, 5) is 29.1. The fraction of sp³-hybridized carbons (Fsp3) is 0.292. The molecule has 1 saturated heterocycles. The van der Waals surface area contributed by atoms with Gasteiger partial charge < -0.3 is 14.4 Å². The van der Waals surface area contributed by atoms with Crippen LogP contribution >= 0.6 is 0 Å². The number of ether oxygens (including phenoxy) is 2. The molecule has 1 N–H and O–H groups in total. The van der Waals surface area contributed by atoms with Crippen molar-refractivity contribution >= 4 is 27.6 Å². The van der Waals surface area contributed by atoms with Crippen LogP contribution < -0.4 is 15.0 Å². The van der Waals surface area contributed by atoms with Gasteiger partial charge in [0.05, 0.1) is 42.6 Å². The lowest BCUT2D eigenvalue weighted by molar-refractivity contribution is 0.0725. The van der Waals surface area contributed by atoms with E-state index >= 15 is 0 Å². The van der Waals surface area contributed by atoms with Crippen LogP contribution in [0.15, 0.2) is 47.5 Å². The van der Waals surface area contributed by atoms with Gasteiger partial charge in [0, 0.05) is 30.1 Å². The van der Waals surface area contributed by atoms with Gasteiger partial charge in [0.1, 0.15) is 0 Å². The quantitative estimate of drug-likeness (QED) is 0.533. The molecule has 1 amide bonds. The molecule has 0 atom stereocenters. The first kappa shape index (κ1) is 20.1. The highest BCUT2D eigenvalue weighted by molar-refractivity contribution is 6.07. The summed E-state index contributed by atoms with van der Waals surface area (Å²) in [5.41, 5.74) is 1.68. The van der Waals surface area contributed by atoms with Crippen LogP contribution in [0.5, 0.6) is 11.5 Å². The Balaban J connectivity index is 1.82. The zero-order valence-corrected chi connectivity index (χ0v) is 18.1. The Hall–Kier alpha value is -3.81. The number of nitrogens with one attached hydrogen (secondary N) is 1. The van der Waals surface area contributed by atoms with Gasteiger partial charge >= 0.3 is 0 Å². The third kappa shape index (κ3) is 3.19. The lowest BCUT2D eigenvalue weighted by Crippen LogP contribution is -2.36. The lowest BCUT2D eigenvalue weighted by atomic mass is 10.0. The van der Waals surface area contributed by atoms with Gasteiger partial charge in [-0.05, 0) is 43.5 Å². The number of hydrogen-bond donors (Lipinski definition) is 1. The van der Waals surface area contributed by atoms with Gasteiger partial charge in [0.25, 0.3) is 11.5 Å². The second-order valence-electron chi connectivity index (χ2n) is 7.93. The summed E-state index contributed by atoms with van der Waals surface area (Å²) in [6.45, 7) is 1.42. The number of carbonyl (C=O) groups excluding carboxylic acids is 1. The standard InChI is InChI=1S/C24H24N4O4/c1-31-21-11-15-16(12-22(21)32-2)24(30)28(20-8-6-7-19-17(20)13-25-26-19)14-18(15)23(29)27-9-4-3-5-10-27/h6-8,11-14H,3-5,9-10H2,1-2H3,(H,25,26). The van der Waals surface area contributed by atoms with E-state index in [9.17, 15) is 9.59 Å². The first-order valence-corrected chi connectivity index (χ1v) is 10.7. The highest BCUT2D eigenvalue weighted by atomic mass is 16.5. The maximum absolute atomic E-state index is 13.6. The van der Waals surface area contributed by atoms with E-state index in [2.05, 4.69) is 10.2 Å². The lowest BCUT2D eigenvalue weighted by Gasteiger charge is -2.27. The van der Waals surface area contributed by atoms with Gasteiger partial charge in [-0.3, -0.25) is 19.3 Å². The first-order valence-electron chi connectivity index (χ1n) is 10.7. The minimum Gasteiger partial charge on any atom is -0.493 e. The number of pyridine rings is 1. The number of amides is 1. The van der Waals surface area contributed by atoms with Crippen LogP contribution in [-0.2, 0) is 0 Å². The molecule has 0 aliphatic carbocycles. The monoisotopic (exact) mass is 432 g/mol. The minimum atomic E-state index is -0.246. The molecular weight excluding hydrogens is 408 g/mol. The minimum absolute atomic E-state index is 0.0879. The van der Waals surface area contributed by atoms with E-state index in [0.717, 1.165) is 30.2 Å². The van der Waals surface area contributed by atoms with E-state index in [-0.39, 0.29) is 11.5 Å². The van der Waals surface area contributed by atoms with E-state index in [1.165, 1.54) is 18.8 Å². The van der Waals surface area contributed by atoms with Crippen molar-refractivity contribution in [3.8, 4) is 17.2 Å². The summed E-state index contributed by atoms with van der Waals surface area (Å²) < 4.78 is 12.4. The Kier molecular flexibility index (Phi) is 5.05. The molecule has 0 radical (unpaired) electrons. The molecule has 1 aliphatic rings. The number of methoxy groups -OCH3 is 2. The molecule has 0 spiro atoms. The van der Waals surface area contributed by atoms with Gasteiger partial charge in [0.15, 0.2) is 11.5 Å². The largest absolute Gasteiger partial charge is 0.493 e. The number of H-pyrrole nitrogens is 1. The summed E-state index contributed by atoms with van der Waals surface area (Å²) in [7, 11) is 3.06. The highest BCUT2D eigenvalue weighted by Gasteiger charge is 2.24. The van der Waals surface area contributed by atoms with Crippen LogP contribution in [0.3, 0.4) is 0 Å². The Morgan fingerprint density at radius 2 is 1.72 bits per heavy atom. The summed E-state index contributed by atoms with van der Waals surface area (Å²) in [5.74, 6) is 0.824. The summed E-state index contributed by atoms with van der Waals surface area (Å²) in [6.07, 6.45) is 6.42. The average molecular weight is 432 g/mol. The second kappa shape index (κ2) is 8.03. The molecule has 8 nitrogen and oxygen atoms in total. The van der Waals surface area contributed by atoms with Gasteiger partial charge in [0.2, 0.25) is 0 Å². The topological polar surface area (TPSA) is 89.5 Å². The first-order chi connectivity index (χ1) is 15.6. The SMILES string of the molecule is COc1cc2c(C(=O)N3CCCCC3)cn(-c3cccc4[nH]ncc34)c(=O)c2cc1OC. The maximum atomic E-state index is 13.6.